The number of rotatable bonds is 5. The lowest BCUT2D eigenvalue weighted by molar-refractivity contribution is -0.139. The van der Waals surface area contributed by atoms with Gasteiger partial charge in [-0.15, -0.1) is 0 Å². The molecule has 0 saturated carbocycles. The van der Waals surface area contributed by atoms with Crippen molar-refractivity contribution in [2.45, 2.75) is 47.1 Å². The Morgan fingerprint density at radius 2 is 1.77 bits per heavy atom. The van der Waals surface area contributed by atoms with E-state index in [4.69, 9.17) is 9.73 Å². The molecule has 8 nitrogen and oxygen atoms in total. The fourth-order valence-corrected chi connectivity index (χ4v) is 5.69. The first-order valence-electron chi connectivity index (χ1n) is 11.9. The summed E-state index contributed by atoms with van der Waals surface area (Å²) in [6.07, 6.45) is 0.197. The molecule has 9 heteroatoms. The maximum atomic E-state index is 13.3. The van der Waals surface area contributed by atoms with E-state index in [0.717, 1.165) is 27.6 Å². The zero-order valence-electron chi connectivity index (χ0n) is 21.0. The highest BCUT2D eigenvalue weighted by Gasteiger charge is 2.42. The number of esters is 1. The molecule has 1 atom stereocenters. The summed E-state index contributed by atoms with van der Waals surface area (Å²) in [6.45, 7) is 11.7. The minimum absolute atomic E-state index is 0.00461. The SMILES string of the molecule is CCOC(=O)C1=C(C)N=C2SC=C(CC(=O)N3CCN(C(C)=O)CC3)N2[C@H]1c1cc(C)ccc1C. The van der Waals surface area contributed by atoms with E-state index in [0.29, 0.717) is 37.4 Å². The highest BCUT2D eigenvalue weighted by molar-refractivity contribution is 8.16. The van der Waals surface area contributed by atoms with E-state index in [9.17, 15) is 14.4 Å². The second kappa shape index (κ2) is 10.3. The van der Waals surface area contributed by atoms with Gasteiger partial charge in [-0.1, -0.05) is 35.5 Å². The van der Waals surface area contributed by atoms with Gasteiger partial charge in [-0.25, -0.2) is 9.79 Å². The zero-order valence-corrected chi connectivity index (χ0v) is 21.8. The van der Waals surface area contributed by atoms with Crippen LogP contribution >= 0.6 is 11.8 Å². The molecule has 1 aromatic rings. The van der Waals surface area contributed by atoms with Gasteiger partial charge in [0.05, 0.1) is 30.3 Å². The molecule has 1 saturated heterocycles. The van der Waals surface area contributed by atoms with Gasteiger partial charge in [0.1, 0.15) is 0 Å². The Morgan fingerprint density at radius 3 is 2.43 bits per heavy atom. The average Bonchev–Trinajstić information content (AvgIpc) is 3.21. The Labute approximate surface area is 210 Å². The number of hydrogen-bond donors (Lipinski definition) is 0. The lowest BCUT2D eigenvalue weighted by Crippen LogP contribution is -2.50. The topological polar surface area (TPSA) is 82.5 Å². The van der Waals surface area contributed by atoms with Gasteiger partial charge in [-0.05, 0) is 44.2 Å². The Bertz CT molecular complexity index is 1150. The molecule has 2 amide bonds. The first-order valence-corrected chi connectivity index (χ1v) is 12.8. The van der Waals surface area contributed by atoms with Crippen LogP contribution in [0.4, 0.5) is 0 Å². The number of allylic oxidation sites excluding steroid dienone is 1. The number of amidine groups is 1. The van der Waals surface area contributed by atoms with Crippen molar-refractivity contribution in [3.8, 4) is 0 Å². The van der Waals surface area contributed by atoms with Crippen LogP contribution in [0, 0.1) is 13.8 Å². The van der Waals surface area contributed by atoms with E-state index in [1.165, 1.54) is 11.8 Å². The molecular formula is C26H32N4O4S. The van der Waals surface area contributed by atoms with Crippen molar-refractivity contribution >= 4 is 34.7 Å². The smallest absolute Gasteiger partial charge is 0.338 e. The van der Waals surface area contributed by atoms with Crippen molar-refractivity contribution in [2.75, 3.05) is 32.8 Å². The number of carbonyl (C=O) groups excluding carboxylic acids is 3. The second-order valence-electron chi connectivity index (χ2n) is 9.04. The molecule has 0 aromatic heterocycles. The quantitative estimate of drug-likeness (QED) is 0.580. The number of thioether (sulfide) groups is 1. The van der Waals surface area contributed by atoms with Gasteiger partial charge in [0.25, 0.3) is 0 Å². The minimum atomic E-state index is -0.426. The third-order valence-corrected chi connectivity index (χ3v) is 7.52. The van der Waals surface area contributed by atoms with E-state index in [1.807, 2.05) is 36.0 Å². The van der Waals surface area contributed by atoms with Crippen molar-refractivity contribution in [3.05, 3.63) is 57.3 Å². The normalized spacial score (nSPS) is 19.9. The highest BCUT2D eigenvalue weighted by Crippen LogP contribution is 2.45. The molecular weight excluding hydrogens is 464 g/mol. The molecule has 0 N–H and O–H groups in total. The van der Waals surface area contributed by atoms with Crippen LogP contribution in [-0.2, 0) is 19.1 Å². The molecule has 1 aromatic carbocycles. The molecule has 3 aliphatic heterocycles. The Kier molecular flexibility index (Phi) is 7.35. The molecule has 0 radical (unpaired) electrons. The Hall–Kier alpha value is -3.07. The van der Waals surface area contributed by atoms with Crippen molar-refractivity contribution in [2.24, 2.45) is 4.99 Å². The monoisotopic (exact) mass is 496 g/mol. The van der Waals surface area contributed by atoms with Crippen molar-refractivity contribution < 1.29 is 19.1 Å². The van der Waals surface area contributed by atoms with Gasteiger partial charge in [0.2, 0.25) is 11.8 Å². The van der Waals surface area contributed by atoms with Crippen LogP contribution in [0.5, 0.6) is 0 Å². The number of aliphatic imine (C=N–C) groups is 1. The zero-order chi connectivity index (χ0) is 25.3. The predicted octanol–water partition coefficient (Wildman–Crippen LogP) is 3.52. The van der Waals surface area contributed by atoms with Crippen LogP contribution in [0.3, 0.4) is 0 Å². The standard InChI is InChI=1S/C26H32N4O4S/c1-6-34-25(33)23-18(4)27-26-30(24(23)21-13-16(2)7-8-17(21)3)20(15-35-26)14-22(32)29-11-9-28(10-12-29)19(5)31/h7-8,13,15,24H,6,9-12,14H2,1-5H3/t24-/m0/s1. The average molecular weight is 497 g/mol. The Balaban J connectivity index is 1.65. The molecule has 0 aliphatic carbocycles. The maximum absolute atomic E-state index is 13.3. The largest absolute Gasteiger partial charge is 0.463 e. The predicted molar refractivity (Wildman–Crippen MR) is 136 cm³/mol. The first kappa shape index (κ1) is 25.0. The minimum Gasteiger partial charge on any atom is -0.463 e. The van der Waals surface area contributed by atoms with Crippen LogP contribution in [0.1, 0.15) is 49.9 Å². The van der Waals surface area contributed by atoms with Gasteiger partial charge in [-0.3, -0.25) is 9.59 Å². The van der Waals surface area contributed by atoms with E-state index in [-0.39, 0.29) is 30.8 Å². The Morgan fingerprint density at radius 1 is 1.09 bits per heavy atom. The number of piperazine rings is 1. The molecule has 0 spiro atoms. The molecule has 0 bridgehead atoms. The van der Waals surface area contributed by atoms with Crippen LogP contribution in [0.25, 0.3) is 0 Å². The summed E-state index contributed by atoms with van der Waals surface area (Å²) in [6, 6.07) is 5.78. The van der Waals surface area contributed by atoms with Gasteiger partial charge >= 0.3 is 5.97 Å². The summed E-state index contributed by atoms with van der Waals surface area (Å²) in [5.74, 6) is -0.349. The summed E-state index contributed by atoms with van der Waals surface area (Å²) in [7, 11) is 0. The third-order valence-electron chi connectivity index (χ3n) is 6.64. The van der Waals surface area contributed by atoms with Gasteiger partial charge in [0.15, 0.2) is 5.17 Å². The van der Waals surface area contributed by atoms with E-state index in [2.05, 4.69) is 18.2 Å². The van der Waals surface area contributed by atoms with E-state index in [1.54, 1.807) is 18.7 Å². The second-order valence-corrected chi connectivity index (χ2v) is 9.87. The summed E-state index contributed by atoms with van der Waals surface area (Å²) >= 11 is 1.47. The van der Waals surface area contributed by atoms with Gasteiger partial charge < -0.3 is 19.4 Å². The van der Waals surface area contributed by atoms with Crippen molar-refractivity contribution in [1.82, 2.24) is 14.7 Å². The van der Waals surface area contributed by atoms with Crippen molar-refractivity contribution in [3.63, 3.8) is 0 Å². The van der Waals surface area contributed by atoms with E-state index < -0.39 is 6.04 Å². The molecule has 186 valence electrons. The summed E-state index contributed by atoms with van der Waals surface area (Å²) in [5.41, 5.74) is 5.09. The fraction of sp³-hybridized carbons (Fsp3) is 0.462. The first-order chi connectivity index (χ1) is 16.7. The third kappa shape index (κ3) is 5.00. The van der Waals surface area contributed by atoms with Crippen LogP contribution in [0.15, 0.2) is 45.6 Å². The van der Waals surface area contributed by atoms with Crippen LogP contribution in [-0.4, -0.2) is 70.4 Å². The van der Waals surface area contributed by atoms with Gasteiger partial charge in [0, 0.05) is 38.8 Å². The molecule has 4 rings (SSSR count). The maximum Gasteiger partial charge on any atom is 0.338 e. The molecule has 0 unspecified atom stereocenters. The lowest BCUT2D eigenvalue weighted by Gasteiger charge is -2.38. The number of ether oxygens (including phenoxy) is 1. The number of hydrogen-bond acceptors (Lipinski definition) is 7. The molecule has 35 heavy (non-hydrogen) atoms. The lowest BCUT2D eigenvalue weighted by atomic mass is 9.90. The highest BCUT2D eigenvalue weighted by atomic mass is 32.2. The number of amides is 2. The fourth-order valence-electron chi connectivity index (χ4n) is 4.73. The number of nitrogens with zero attached hydrogens (tertiary/aromatic N) is 4. The van der Waals surface area contributed by atoms with Crippen LogP contribution in [0.2, 0.25) is 0 Å². The van der Waals surface area contributed by atoms with Crippen LogP contribution < -0.4 is 0 Å². The number of fused-ring (bicyclic) bond motifs is 1. The number of benzene rings is 1. The molecule has 3 heterocycles. The molecule has 3 aliphatic rings. The number of carbonyl (C=O) groups is 3. The summed E-state index contributed by atoms with van der Waals surface area (Å²) in [4.78, 5) is 48.3. The van der Waals surface area contributed by atoms with Crippen molar-refractivity contribution in [1.29, 1.82) is 0 Å². The number of aryl methyl sites for hydroxylation is 2. The summed E-state index contributed by atoms with van der Waals surface area (Å²) < 4.78 is 5.44. The van der Waals surface area contributed by atoms with Gasteiger partial charge in [-0.2, -0.15) is 0 Å². The molecule has 1 fully saturated rings. The van der Waals surface area contributed by atoms with E-state index >= 15 is 0 Å². The summed E-state index contributed by atoms with van der Waals surface area (Å²) in [5, 5.41) is 2.72.